The fourth-order valence-corrected chi connectivity index (χ4v) is 6.81. The number of H-pyrrole nitrogens is 1. The minimum atomic E-state index is -3.13. The van der Waals surface area contributed by atoms with Gasteiger partial charge >= 0.3 is 5.97 Å². The number of aromatic amines is 1. The highest BCUT2D eigenvalue weighted by Crippen LogP contribution is 2.49. The molecule has 10 nitrogen and oxygen atoms in total. The molecule has 5 heterocycles. The number of aromatic nitrogens is 1. The lowest BCUT2D eigenvalue weighted by Crippen LogP contribution is -2.68. The number of cyclic esters (lactones) is 1. The van der Waals surface area contributed by atoms with Gasteiger partial charge in [0.1, 0.15) is 17.5 Å². The Morgan fingerprint density at radius 2 is 2.10 bits per heavy atom. The molecule has 1 aliphatic carbocycles. The molecule has 12 heteroatoms. The second-order valence-electron chi connectivity index (χ2n) is 11.3. The summed E-state index contributed by atoms with van der Waals surface area (Å²) in [5, 5.41) is 6.25. The molecule has 5 fully saturated rings. The maximum atomic E-state index is 15.2. The van der Waals surface area contributed by atoms with E-state index in [1.54, 1.807) is 30.3 Å². The van der Waals surface area contributed by atoms with E-state index in [0.717, 1.165) is 0 Å². The van der Waals surface area contributed by atoms with Crippen molar-refractivity contribution in [3.8, 4) is 5.75 Å². The molecule has 4 aliphatic heterocycles. The first-order valence-corrected chi connectivity index (χ1v) is 14.0. The number of methoxy groups -OCH3 is 1. The average molecular weight is 571 g/mol. The highest BCUT2D eigenvalue weighted by Gasteiger charge is 2.60. The predicted molar refractivity (Wildman–Crippen MR) is 142 cm³/mol. The van der Waals surface area contributed by atoms with Gasteiger partial charge in [-0.05, 0) is 43.9 Å². The van der Waals surface area contributed by atoms with E-state index in [2.05, 4.69) is 15.6 Å². The number of esters is 1. The summed E-state index contributed by atoms with van der Waals surface area (Å²) < 4.78 is 40.9. The van der Waals surface area contributed by atoms with E-state index in [9.17, 15) is 19.2 Å². The number of nitrogens with zero attached hydrogens (tertiary/aromatic N) is 1. The van der Waals surface area contributed by atoms with E-state index in [0.29, 0.717) is 48.0 Å². The molecule has 3 N–H and O–H groups in total. The van der Waals surface area contributed by atoms with Gasteiger partial charge in [0.25, 0.3) is 11.8 Å². The summed E-state index contributed by atoms with van der Waals surface area (Å²) in [5.41, 5.74) is 1.18. The molecule has 5 atom stereocenters. The maximum absolute atomic E-state index is 15.2. The van der Waals surface area contributed by atoms with Crippen molar-refractivity contribution in [3.63, 3.8) is 0 Å². The number of piperidine rings is 2. The minimum absolute atomic E-state index is 0.100. The van der Waals surface area contributed by atoms with Crippen LogP contribution in [-0.2, 0) is 19.1 Å². The topological polar surface area (TPSA) is 130 Å². The average Bonchev–Trinajstić information content (AvgIpc) is 3.67. The Morgan fingerprint density at radius 3 is 2.78 bits per heavy atom. The van der Waals surface area contributed by atoms with Crippen LogP contribution >= 0.6 is 0 Å². The summed E-state index contributed by atoms with van der Waals surface area (Å²) in [4.78, 5) is 56.6. The molecule has 0 unspecified atom stereocenters. The number of hydrogen-bond donors (Lipinski definition) is 3. The van der Waals surface area contributed by atoms with Crippen LogP contribution in [0.2, 0.25) is 0 Å². The Balaban J connectivity index is 1.32. The number of nitrogens with one attached hydrogen (secondary N) is 3. The van der Waals surface area contributed by atoms with E-state index in [1.807, 2.05) is 0 Å². The van der Waals surface area contributed by atoms with E-state index < -0.39 is 60.1 Å². The first-order valence-electron chi connectivity index (χ1n) is 14.0. The van der Waals surface area contributed by atoms with Crippen LogP contribution in [0.15, 0.2) is 35.9 Å². The van der Waals surface area contributed by atoms with Crippen LogP contribution in [-0.4, -0.2) is 77.9 Å². The first kappa shape index (κ1) is 27.2. The summed E-state index contributed by atoms with van der Waals surface area (Å²) in [6, 6.07) is 3.89. The summed E-state index contributed by atoms with van der Waals surface area (Å²) in [6.45, 7) is 0.713. The third-order valence-corrected chi connectivity index (χ3v) is 8.81. The highest BCUT2D eigenvalue weighted by molar-refractivity contribution is 6.02. The molecular weight excluding hydrogens is 538 g/mol. The molecule has 1 aromatic carbocycles. The Bertz CT molecular complexity index is 1440. The Morgan fingerprint density at radius 1 is 1.27 bits per heavy atom. The lowest BCUT2D eigenvalue weighted by atomic mass is 9.71. The van der Waals surface area contributed by atoms with Gasteiger partial charge in [0.2, 0.25) is 11.8 Å². The van der Waals surface area contributed by atoms with Gasteiger partial charge in [0.15, 0.2) is 0 Å². The maximum Gasteiger partial charge on any atom is 0.333 e. The molecule has 3 amide bonds. The van der Waals surface area contributed by atoms with Gasteiger partial charge in [-0.25, -0.2) is 13.6 Å². The van der Waals surface area contributed by atoms with Crippen LogP contribution in [0.5, 0.6) is 5.75 Å². The van der Waals surface area contributed by atoms with Gasteiger partial charge in [-0.2, -0.15) is 0 Å². The molecule has 0 spiro atoms. The zero-order valence-corrected chi connectivity index (χ0v) is 22.6. The minimum Gasteiger partial charge on any atom is -0.496 e. The second kappa shape index (κ2) is 10.5. The van der Waals surface area contributed by atoms with Crippen LogP contribution in [0.25, 0.3) is 10.9 Å². The zero-order chi connectivity index (χ0) is 28.9. The fraction of sp³-hybridized carbons (Fsp3) is 0.517. The second-order valence-corrected chi connectivity index (χ2v) is 11.3. The van der Waals surface area contributed by atoms with Crippen molar-refractivity contribution in [1.29, 1.82) is 0 Å². The van der Waals surface area contributed by atoms with Crippen LogP contribution in [0.3, 0.4) is 0 Å². The number of amides is 3. The van der Waals surface area contributed by atoms with E-state index in [4.69, 9.17) is 9.47 Å². The van der Waals surface area contributed by atoms with E-state index in [-0.39, 0.29) is 31.0 Å². The number of carbonyl (C=O) groups excluding carboxylic acids is 4. The number of benzene rings is 1. The highest BCUT2D eigenvalue weighted by atomic mass is 19.3. The van der Waals surface area contributed by atoms with Crippen LogP contribution in [0.1, 0.15) is 49.0 Å². The molecule has 5 aliphatic rings. The number of rotatable bonds is 7. The quantitative estimate of drug-likeness (QED) is 0.347. The standard InChI is InChI=1S/C29H32F2N4O6/c1-40-23-4-2-3-21-19(23)13-22(34-21)27(38)35-18-5-6-20(29(30,31)14-18)24(35)26(37)33-17(11-15-7-9-32-25(15)36)12-16-8-10-41-28(16)39/h2-4,12-13,15,17-18,20,24,34H,5-11,14H2,1H3,(H,32,36)(H,33,37)/b16-12-/t15-,17+,18-,20-,24+/m1/s1. The SMILES string of the molecule is COc1cccc2[nH]c(C(=O)N3[C@@H]4CC[C@H]([C@H]3C(=O)N[C@H](/C=C3/CCOC3=O)C[C@H]3CCNC3=O)C(F)(F)C4)cc12. The summed E-state index contributed by atoms with van der Waals surface area (Å²) in [7, 11) is 1.52. The molecular formula is C29H32F2N4O6. The number of alkyl halides is 2. The third kappa shape index (κ3) is 4.93. The number of carbonyl (C=O) groups is 4. The van der Waals surface area contributed by atoms with E-state index in [1.165, 1.54) is 12.0 Å². The molecule has 0 radical (unpaired) electrons. The Hall–Kier alpha value is -3.96. The van der Waals surface area contributed by atoms with Gasteiger partial charge in [-0.1, -0.05) is 12.1 Å². The molecule has 41 heavy (non-hydrogen) atoms. The monoisotopic (exact) mass is 570 g/mol. The molecule has 2 bridgehead atoms. The van der Waals surface area contributed by atoms with Crippen molar-refractivity contribution < 1.29 is 37.4 Å². The van der Waals surface area contributed by atoms with Crippen LogP contribution in [0, 0.1) is 11.8 Å². The van der Waals surface area contributed by atoms with Crippen LogP contribution in [0.4, 0.5) is 8.78 Å². The summed E-state index contributed by atoms with van der Waals surface area (Å²) >= 11 is 0. The van der Waals surface area contributed by atoms with E-state index >= 15 is 8.78 Å². The predicted octanol–water partition coefficient (Wildman–Crippen LogP) is 2.69. The normalized spacial score (nSPS) is 28.6. The lowest BCUT2D eigenvalue weighted by Gasteiger charge is -2.53. The lowest BCUT2D eigenvalue weighted by molar-refractivity contribution is -0.179. The number of hydrogen-bond acceptors (Lipinski definition) is 6. The number of fused-ring (bicyclic) bond motifs is 4. The molecule has 2 aromatic rings. The van der Waals surface area contributed by atoms with Gasteiger partial charge in [-0.15, -0.1) is 0 Å². The fourth-order valence-electron chi connectivity index (χ4n) is 6.81. The van der Waals surface area contributed by atoms with Crippen molar-refractivity contribution in [2.24, 2.45) is 11.8 Å². The largest absolute Gasteiger partial charge is 0.496 e. The molecule has 7 rings (SSSR count). The van der Waals surface area contributed by atoms with Gasteiger partial charge in [-0.3, -0.25) is 14.4 Å². The third-order valence-electron chi connectivity index (χ3n) is 8.81. The molecule has 218 valence electrons. The Kier molecular flexibility index (Phi) is 6.95. The molecule has 1 aromatic heterocycles. The Labute approximate surface area is 234 Å². The number of ether oxygens (including phenoxy) is 2. The van der Waals surface area contributed by atoms with Crippen molar-refractivity contribution in [3.05, 3.63) is 41.6 Å². The van der Waals surface area contributed by atoms with Crippen molar-refractivity contribution in [2.75, 3.05) is 20.3 Å². The smallest absolute Gasteiger partial charge is 0.333 e. The van der Waals surface area contributed by atoms with Crippen molar-refractivity contribution in [2.45, 2.75) is 62.6 Å². The van der Waals surface area contributed by atoms with Crippen molar-refractivity contribution in [1.82, 2.24) is 20.5 Å². The molecule has 4 saturated heterocycles. The molecule has 1 saturated carbocycles. The van der Waals surface area contributed by atoms with Gasteiger partial charge < -0.3 is 30.0 Å². The van der Waals surface area contributed by atoms with Crippen LogP contribution < -0.4 is 15.4 Å². The summed E-state index contributed by atoms with van der Waals surface area (Å²) in [5.74, 6) is -6.28. The first-order chi connectivity index (χ1) is 19.7. The number of halogens is 2. The summed E-state index contributed by atoms with van der Waals surface area (Å²) in [6.07, 6.45) is 2.61. The van der Waals surface area contributed by atoms with Crippen molar-refractivity contribution >= 4 is 34.6 Å². The zero-order valence-electron chi connectivity index (χ0n) is 22.6. The van der Waals surface area contributed by atoms with Gasteiger partial charge in [0, 0.05) is 53.9 Å². The van der Waals surface area contributed by atoms with Gasteiger partial charge in [0.05, 0.1) is 19.6 Å².